The van der Waals surface area contributed by atoms with Crippen molar-refractivity contribution in [2.24, 2.45) is 0 Å². The van der Waals surface area contributed by atoms with E-state index in [1.165, 1.54) is 0 Å². The first-order chi connectivity index (χ1) is 12.8. The van der Waals surface area contributed by atoms with Gasteiger partial charge in [0.05, 0.1) is 18.3 Å². The lowest BCUT2D eigenvalue weighted by molar-refractivity contribution is 0.306. The topological polar surface area (TPSA) is 44.2 Å². The van der Waals surface area contributed by atoms with E-state index in [2.05, 4.69) is 9.97 Å². The Kier molecular flexibility index (Phi) is 4.48. The van der Waals surface area contributed by atoms with E-state index in [9.17, 15) is 0 Å². The maximum absolute atomic E-state index is 5.90. The van der Waals surface area contributed by atoms with Gasteiger partial charge in [0.15, 0.2) is 0 Å². The van der Waals surface area contributed by atoms with E-state index >= 15 is 0 Å². The summed E-state index contributed by atoms with van der Waals surface area (Å²) >= 11 is 0. The molecule has 0 spiro atoms. The van der Waals surface area contributed by atoms with E-state index in [1.54, 1.807) is 13.4 Å². The number of methoxy groups -OCH3 is 1. The molecule has 0 radical (unpaired) electrons. The molecule has 0 saturated heterocycles. The van der Waals surface area contributed by atoms with Crippen molar-refractivity contribution in [3.8, 4) is 22.8 Å². The summed E-state index contributed by atoms with van der Waals surface area (Å²) in [6.07, 6.45) is 1.59. The lowest BCUT2D eigenvalue weighted by atomic mass is 10.1. The largest absolute Gasteiger partial charge is 0.497 e. The average Bonchev–Trinajstić information content (AvgIpc) is 2.72. The van der Waals surface area contributed by atoms with Crippen molar-refractivity contribution in [3.05, 3.63) is 84.7 Å². The maximum atomic E-state index is 5.90. The molecule has 0 bridgehead atoms. The molecule has 0 aliphatic carbocycles. The van der Waals surface area contributed by atoms with Crippen molar-refractivity contribution in [3.63, 3.8) is 0 Å². The van der Waals surface area contributed by atoms with Gasteiger partial charge in [0.1, 0.15) is 24.4 Å². The molecule has 3 aromatic carbocycles. The standard InChI is InChI=1S/C22H18N2O2/c1-25-18-9-7-17(8-10-18)22-20-12-11-19(13-21(20)23-15-24-22)26-14-16-5-3-2-4-6-16/h2-13,15H,14H2,1H3. The summed E-state index contributed by atoms with van der Waals surface area (Å²) in [5, 5.41) is 0.990. The molecule has 1 heterocycles. The Balaban J connectivity index is 1.62. The Morgan fingerprint density at radius 3 is 2.35 bits per heavy atom. The van der Waals surface area contributed by atoms with Crippen LogP contribution in [0.2, 0.25) is 0 Å². The van der Waals surface area contributed by atoms with Gasteiger partial charge in [-0.05, 0) is 42.0 Å². The van der Waals surface area contributed by atoms with Crippen molar-refractivity contribution in [2.75, 3.05) is 7.11 Å². The molecule has 128 valence electrons. The molecule has 4 nitrogen and oxygen atoms in total. The summed E-state index contributed by atoms with van der Waals surface area (Å²) in [6.45, 7) is 0.531. The lowest BCUT2D eigenvalue weighted by Crippen LogP contribution is -1.96. The van der Waals surface area contributed by atoms with Gasteiger partial charge in [-0.1, -0.05) is 30.3 Å². The van der Waals surface area contributed by atoms with Crippen LogP contribution in [0.4, 0.5) is 0 Å². The normalized spacial score (nSPS) is 10.7. The number of rotatable bonds is 5. The predicted octanol–water partition coefficient (Wildman–Crippen LogP) is 4.88. The van der Waals surface area contributed by atoms with E-state index < -0.39 is 0 Å². The number of hydrogen-bond donors (Lipinski definition) is 0. The summed E-state index contributed by atoms with van der Waals surface area (Å²) in [4.78, 5) is 8.86. The fourth-order valence-electron chi connectivity index (χ4n) is 2.85. The second kappa shape index (κ2) is 7.23. The van der Waals surface area contributed by atoms with Crippen LogP contribution in [0.3, 0.4) is 0 Å². The van der Waals surface area contributed by atoms with Crippen molar-refractivity contribution in [2.45, 2.75) is 6.61 Å². The fourth-order valence-corrected chi connectivity index (χ4v) is 2.85. The molecule has 0 aliphatic heterocycles. The Hall–Kier alpha value is -3.40. The van der Waals surface area contributed by atoms with Gasteiger partial charge in [-0.25, -0.2) is 9.97 Å². The van der Waals surface area contributed by atoms with E-state index in [1.807, 2.05) is 72.8 Å². The van der Waals surface area contributed by atoms with Crippen LogP contribution in [-0.2, 0) is 6.61 Å². The zero-order valence-electron chi connectivity index (χ0n) is 14.4. The molecule has 4 aromatic rings. The lowest BCUT2D eigenvalue weighted by Gasteiger charge is -2.09. The highest BCUT2D eigenvalue weighted by molar-refractivity contribution is 5.92. The number of nitrogens with zero attached hydrogens (tertiary/aromatic N) is 2. The summed E-state index contributed by atoms with van der Waals surface area (Å²) in [6, 6.07) is 23.9. The molecule has 0 aliphatic rings. The molecule has 0 atom stereocenters. The second-order valence-corrected chi connectivity index (χ2v) is 5.90. The number of aromatic nitrogens is 2. The summed E-state index contributed by atoms with van der Waals surface area (Å²) in [5.41, 5.74) is 3.91. The smallest absolute Gasteiger partial charge is 0.122 e. The molecule has 4 heteroatoms. The third kappa shape index (κ3) is 3.35. The van der Waals surface area contributed by atoms with Gasteiger partial charge >= 0.3 is 0 Å². The van der Waals surface area contributed by atoms with Crippen LogP contribution in [0.5, 0.6) is 11.5 Å². The third-order valence-electron chi connectivity index (χ3n) is 4.22. The number of ether oxygens (including phenoxy) is 2. The van der Waals surface area contributed by atoms with E-state index in [0.29, 0.717) is 6.61 Å². The van der Waals surface area contributed by atoms with Gasteiger partial charge in [-0.3, -0.25) is 0 Å². The van der Waals surface area contributed by atoms with Crippen molar-refractivity contribution in [1.29, 1.82) is 0 Å². The van der Waals surface area contributed by atoms with Crippen molar-refractivity contribution >= 4 is 10.9 Å². The zero-order valence-corrected chi connectivity index (χ0v) is 14.4. The van der Waals surface area contributed by atoms with Crippen LogP contribution in [0.25, 0.3) is 22.2 Å². The van der Waals surface area contributed by atoms with Gasteiger partial charge in [0.25, 0.3) is 0 Å². The van der Waals surface area contributed by atoms with Gasteiger partial charge in [-0.2, -0.15) is 0 Å². The minimum atomic E-state index is 0.531. The van der Waals surface area contributed by atoms with Gasteiger partial charge in [0.2, 0.25) is 0 Å². The molecule has 0 amide bonds. The predicted molar refractivity (Wildman–Crippen MR) is 102 cm³/mol. The number of benzene rings is 3. The van der Waals surface area contributed by atoms with Crippen LogP contribution in [-0.4, -0.2) is 17.1 Å². The summed E-state index contributed by atoms with van der Waals surface area (Å²) < 4.78 is 11.1. The average molecular weight is 342 g/mol. The summed E-state index contributed by atoms with van der Waals surface area (Å²) in [5.74, 6) is 1.62. The molecule has 4 rings (SSSR count). The summed E-state index contributed by atoms with van der Waals surface area (Å²) in [7, 11) is 1.66. The van der Waals surface area contributed by atoms with Crippen LogP contribution in [0.15, 0.2) is 79.1 Å². The molecule has 26 heavy (non-hydrogen) atoms. The van der Waals surface area contributed by atoms with Crippen molar-refractivity contribution in [1.82, 2.24) is 9.97 Å². The number of fused-ring (bicyclic) bond motifs is 1. The quantitative estimate of drug-likeness (QED) is 0.518. The molecule has 0 saturated carbocycles. The van der Waals surface area contributed by atoms with Crippen LogP contribution in [0, 0.1) is 0 Å². The molecule has 0 N–H and O–H groups in total. The SMILES string of the molecule is COc1ccc(-c2ncnc3cc(OCc4ccccc4)ccc23)cc1. The third-order valence-corrected chi connectivity index (χ3v) is 4.22. The molecule has 0 fully saturated rings. The van der Waals surface area contributed by atoms with Crippen molar-refractivity contribution < 1.29 is 9.47 Å². The first-order valence-corrected chi connectivity index (χ1v) is 8.39. The molecular formula is C22H18N2O2. The fraction of sp³-hybridized carbons (Fsp3) is 0.0909. The first kappa shape index (κ1) is 16.1. The molecule has 0 unspecified atom stereocenters. The highest BCUT2D eigenvalue weighted by Crippen LogP contribution is 2.29. The Morgan fingerprint density at radius 2 is 1.58 bits per heavy atom. The minimum Gasteiger partial charge on any atom is -0.497 e. The Bertz CT molecular complexity index is 1020. The maximum Gasteiger partial charge on any atom is 0.122 e. The van der Waals surface area contributed by atoms with E-state index in [-0.39, 0.29) is 0 Å². The van der Waals surface area contributed by atoms with Crippen LogP contribution < -0.4 is 9.47 Å². The van der Waals surface area contributed by atoms with E-state index in [4.69, 9.17) is 9.47 Å². The molecular weight excluding hydrogens is 324 g/mol. The Morgan fingerprint density at radius 1 is 0.808 bits per heavy atom. The Labute approximate surface area is 152 Å². The van der Waals surface area contributed by atoms with Gasteiger partial charge in [-0.15, -0.1) is 0 Å². The minimum absolute atomic E-state index is 0.531. The second-order valence-electron chi connectivity index (χ2n) is 5.90. The van der Waals surface area contributed by atoms with Gasteiger partial charge < -0.3 is 9.47 Å². The zero-order chi connectivity index (χ0) is 17.8. The van der Waals surface area contributed by atoms with Crippen LogP contribution in [0.1, 0.15) is 5.56 Å². The van der Waals surface area contributed by atoms with Gasteiger partial charge in [0, 0.05) is 17.0 Å². The highest BCUT2D eigenvalue weighted by Gasteiger charge is 2.08. The monoisotopic (exact) mass is 342 g/mol. The van der Waals surface area contributed by atoms with E-state index in [0.717, 1.165) is 39.2 Å². The van der Waals surface area contributed by atoms with Crippen LogP contribution >= 0.6 is 0 Å². The first-order valence-electron chi connectivity index (χ1n) is 8.39. The number of hydrogen-bond acceptors (Lipinski definition) is 4. The molecule has 1 aromatic heterocycles. The highest BCUT2D eigenvalue weighted by atomic mass is 16.5.